The molecule has 2 amide bonds. The molecule has 3 aromatic rings. The molecule has 3 rings (SSSR count). The number of benzene rings is 2. The summed E-state index contributed by atoms with van der Waals surface area (Å²) in [6, 6.07) is 12.7. The van der Waals surface area contributed by atoms with Gasteiger partial charge in [-0.3, -0.25) is 9.59 Å². The summed E-state index contributed by atoms with van der Waals surface area (Å²) in [5, 5.41) is 7.40. The number of halogens is 2. The molecule has 0 aliphatic heterocycles. The molecule has 0 fully saturated rings. The Morgan fingerprint density at radius 1 is 0.968 bits per heavy atom. The van der Waals surface area contributed by atoms with Crippen molar-refractivity contribution >= 4 is 46.9 Å². The zero-order valence-corrected chi connectivity index (χ0v) is 19.1. The fourth-order valence-corrected chi connectivity index (χ4v) is 3.55. The quantitative estimate of drug-likeness (QED) is 0.325. The van der Waals surface area contributed by atoms with Gasteiger partial charge in [0.2, 0.25) is 0 Å². The van der Waals surface area contributed by atoms with Crippen molar-refractivity contribution in [2.45, 2.75) is 27.7 Å². The molecular formula is C23H22Cl2N4O2. The molecule has 31 heavy (non-hydrogen) atoms. The van der Waals surface area contributed by atoms with Crippen molar-refractivity contribution in [1.29, 1.82) is 0 Å². The summed E-state index contributed by atoms with van der Waals surface area (Å²) in [5.74, 6) is -1.65. The van der Waals surface area contributed by atoms with Gasteiger partial charge in [-0.15, -0.1) is 0 Å². The highest BCUT2D eigenvalue weighted by atomic mass is 35.5. The van der Waals surface area contributed by atoms with Gasteiger partial charge in [0, 0.05) is 22.6 Å². The number of aryl methyl sites for hydroxylation is 3. The van der Waals surface area contributed by atoms with Crippen molar-refractivity contribution in [2.75, 3.05) is 5.32 Å². The third kappa shape index (κ3) is 4.98. The van der Waals surface area contributed by atoms with Crippen LogP contribution in [0.4, 0.5) is 5.69 Å². The Morgan fingerprint density at radius 3 is 2.42 bits per heavy atom. The normalized spacial score (nSPS) is 11.0. The first kappa shape index (κ1) is 22.6. The van der Waals surface area contributed by atoms with Crippen LogP contribution in [0.15, 0.2) is 47.6 Å². The average molecular weight is 457 g/mol. The highest BCUT2D eigenvalue weighted by Crippen LogP contribution is 2.31. The molecule has 0 saturated heterocycles. The Morgan fingerprint density at radius 2 is 1.71 bits per heavy atom. The van der Waals surface area contributed by atoms with Crippen LogP contribution in [-0.2, 0) is 9.59 Å². The van der Waals surface area contributed by atoms with E-state index in [0.29, 0.717) is 15.7 Å². The topological polar surface area (TPSA) is 75.5 Å². The van der Waals surface area contributed by atoms with Crippen molar-refractivity contribution in [1.82, 2.24) is 9.99 Å². The van der Waals surface area contributed by atoms with Crippen molar-refractivity contribution in [2.24, 2.45) is 5.10 Å². The number of aromatic nitrogens is 1. The number of nitrogens with zero attached hydrogens (tertiary/aromatic N) is 2. The van der Waals surface area contributed by atoms with Crippen LogP contribution >= 0.6 is 23.2 Å². The SMILES string of the molecule is Cc1ccc(NC(=O)C(=O)N/N=C\c2cc(C)n(-c3cccc(Cl)c3Cl)c2C)cc1C. The minimum absolute atomic E-state index is 0.450. The molecule has 1 heterocycles. The smallest absolute Gasteiger partial charge is 0.318 e. The summed E-state index contributed by atoms with van der Waals surface area (Å²) < 4.78 is 1.95. The molecule has 0 aliphatic carbocycles. The van der Waals surface area contributed by atoms with E-state index < -0.39 is 11.8 Å². The number of rotatable bonds is 4. The van der Waals surface area contributed by atoms with Gasteiger partial charge in [-0.2, -0.15) is 5.10 Å². The number of hydrazone groups is 1. The van der Waals surface area contributed by atoms with Gasteiger partial charge in [-0.1, -0.05) is 35.3 Å². The zero-order valence-electron chi connectivity index (χ0n) is 17.6. The molecule has 0 spiro atoms. The Kier molecular flexibility index (Phi) is 6.83. The Balaban J connectivity index is 1.71. The monoisotopic (exact) mass is 456 g/mol. The van der Waals surface area contributed by atoms with E-state index in [9.17, 15) is 9.59 Å². The highest BCUT2D eigenvalue weighted by molar-refractivity contribution is 6.43. The van der Waals surface area contributed by atoms with Crippen molar-refractivity contribution < 1.29 is 9.59 Å². The maximum Gasteiger partial charge on any atom is 0.329 e. The molecule has 0 radical (unpaired) electrons. The third-order valence-corrected chi connectivity index (χ3v) is 5.79. The molecule has 0 aliphatic rings. The van der Waals surface area contributed by atoms with Crippen LogP contribution in [0.5, 0.6) is 0 Å². The summed E-state index contributed by atoms with van der Waals surface area (Å²) in [6.07, 6.45) is 1.48. The van der Waals surface area contributed by atoms with E-state index in [0.717, 1.165) is 33.8 Å². The van der Waals surface area contributed by atoms with Gasteiger partial charge in [-0.25, -0.2) is 5.43 Å². The van der Waals surface area contributed by atoms with Crippen LogP contribution < -0.4 is 10.7 Å². The second kappa shape index (κ2) is 9.37. The first-order valence-electron chi connectivity index (χ1n) is 9.54. The number of anilines is 1. The Labute approximate surface area is 190 Å². The molecule has 8 heteroatoms. The first-order valence-corrected chi connectivity index (χ1v) is 10.3. The lowest BCUT2D eigenvalue weighted by Crippen LogP contribution is -2.32. The molecule has 2 aromatic carbocycles. The molecule has 160 valence electrons. The van der Waals surface area contributed by atoms with E-state index in [1.54, 1.807) is 18.2 Å². The van der Waals surface area contributed by atoms with E-state index in [1.165, 1.54) is 6.21 Å². The maximum absolute atomic E-state index is 12.1. The summed E-state index contributed by atoms with van der Waals surface area (Å²) in [5.41, 5.74) is 8.22. The highest BCUT2D eigenvalue weighted by Gasteiger charge is 2.15. The number of carbonyl (C=O) groups excluding carboxylic acids is 2. The lowest BCUT2D eigenvalue weighted by atomic mass is 10.1. The van der Waals surface area contributed by atoms with Crippen LogP contribution in [0.25, 0.3) is 5.69 Å². The number of hydrogen-bond acceptors (Lipinski definition) is 3. The largest absolute Gasteiger partial charge is 0.329 e. The lowest BCUT2D eigenvalue weighted by Gasteiger charge is -2.12. The Bertz CT molecular complexity index is 1200. The first-order chi connectivity index (χ1) is 14.7. The van der Waals surface area contributed by atoms with Gasteiger partial charge >= 0.3 is 11.8 Å². The zero-order chi connectivity index (χ0) is 22.7. The molecular weight excluding hydrogens is 435 g/mol. The number of nitrogens with one attached hydrogen (secondary N) is 2. The van der Waals surface area contributed by atoms with E-state index >= 15 is 0 Å². The summed E-state index contributed by atoms with van der Waals surface area (Å²) >= 11 is 12.5. The van der Waals surface area contributed by atoms with Crippen molar-refractivity contribution in [3.8, 4) is 5.69 Å². The lowest BCUT2D eigenvalue weighted by molar-refractivity contribution is -0.136. The van der Waals surface area contributed by atoms with E-state index in [-0.39, 0.29) is 0 Å². The fourth-order valence-electron chi connectivity index (χ4n) is 3.17. The molecule has 0 unspecified atom stereocenters. The van der Waals surface area contributed by atoms with Crippen LogP contribution in [0.1, 0.15) is 28.1 Å². The molecule has 1 aromatic heterocycles. The molecule has 0 bridgehead atoms. The maximum atomic E-state index is 12.1. The fraction of sp³-hybridized carbons (Fsp3) is 0.174. The Hall–Kier alpha value is -3.09. The van der Waals surface area contributed by atoms with Gasteiger partial charge in [0.15, 0.2) is 0 Å². The average Bonchev–Trinajstić information content (AvgIpc) is 3.00. The number of carbonyl (C=O) groups is 2. The second-order valence-electron chi connectivity index (χ2n) is 7.19. The van der Waals surface area contributed by atoms with Crippen LogP contribution in [-0.4, -0.2) is 22.6 Å². The van der Waals surface area contributed by atoms with E-state index in [2.05, 4.69) is 15.8 Å². The van der Waals surface area contributed by atoms with Crippen molar-refractivity contribution in [3.05, 3.63) is 80.6 Å². The predicted octanol–water partition coefficient (Wildman–Crippen LogP) is 5.11. The van der Waals surface area contributed by atoms with Crippen molar-refractivity contribution in [3.63, 3.8) is 0 Å². The molecule has 0 atom stereocenters. The summed E-state index contributed by atoms with van der Waals surface area (Å²) in [6.45, 7) is 7.74. The van der Waals surface area contributed by atoms with E-state index in [4.69, 9.17) is 23.2 Å². The minimum Gasteiger partial charge on any atom is -0.318 e. The minimum atomic E-state index is -0.860. The van der Waals surface area contributed by atoms with Gasteiger partial charge in [0.1, 0.15) is 0 Å². The molecule has 6 nitrogen and oxygen atoms in total. The summed E-state index contributed by atoms with van der Waals surface area (Å²) in [4.78, 5) is 24.2. The van der Waals surface area contributed by atoms with Gasteiger partial charge in [0.05, 0.1) is 21.9 Å². The third-order valence-electron chi connectivity index (χ3n) is 4.98. The van der Waals surface area contributed by atoms with Gasteiger partial charge in [0.25, 0.3) is 0 Å². The van der Waals surface area contributed by atoms with Gasteiger partial charge < -0.3 is 9.88 Å². The standard InChI is InChI=1S/C23H22Cl2N4O2/c1-13-8-9-18(10-14(13)2)27-22(30)23(31)28-26-12-17-11-15(3)29(16(17)4)20-7-5-6-19(24)21(20)25/h5-12H,1-4H3,(H,27,30)(H,28,31)/b26-12-. The molecule has 2 N–H and O–H groups in total. The second-order valence-corrected chi connectivity index (χ2v) is 7.97. The van der Waals surface area contributed by atoms with Crippen LogP contribution in [0.3, 0.4) is 0 Å². The number of hydrogen-bond donors (Lipinski definition) is 2. The van der Waals surface area contributed by atoms with Crippen LogP contribution in [0, 0.1) is 27.7 Å². The number of amides is 2. The van der Waals surface area contributed by atoms with Crippen LogP contribution in [0.2, 0.25) is 10.0 Å². The predicted molar refractivity (Wildman–Crippen MR) is 126 cm³/mol. The molecule has 0 saturated carbocycles. The summed E-state index contributed by atoms with van der Waals surface area (Å²) in [7, 11) is 0. The van der Waals surface area contributed by atoms with Gasteiger partial charge in [-0.05, 0) is 69.2 Å². The van der Waals surface area contributed by atoms with E-state index in [1.807, 2.05) is 56.5 Å².